The van der Waals surface area contributed by atoms with Gasteiger partial charge in [-0.2, -0.15) is 0 Å². The third-order valence-corrected chi connectivity index (χ3v) is 5.61. The zero-order valence-electron chi connectivity index (χ0n) is 14.8. The van der Waals surface area contributed by atoms with Gasteiger partial charge in [0.15, 0.2) is 0 Å². The lowest BCUT2D eigenvalue weighted by Gasteiger charge is -2.11. The van der Waals surface area contributed by atoms with Crippen molar-refractivity contribution in [1.29, 1.82) is 0 Å². The van der Waals surface area contributed by atoms with Crippen molar-refractivity contribution in [3.63, 3.8) is 0 Å². The highest BCUT2D eigenvalue weighted by molar-refractivity contribution is 7.89. The third kappa shape index (κ3) is 5.20. The molecule has 0 saturated heterocycles. The Bertz CT molecular complexity index is 913. The molecule has 0 radical (unpaired) electrons. The van der Waals surface area contributed by atoms with E-state index in [2.05, 4.69) is 10.0 Å². The van der Waals surface area contributed by atoms with Gasteiger partial charge in [-0.25, -0.2) is 13.1 Å². The van der Waals surface area contributed by atoms with E-state index in [1.165, 1.54) is 7.11 Å². The highest BCUT2D eigenvalue weighted by atomic mass is 35.5. The summed E-state index contributed by atoms with van der Waals surface area (Å²) in [6, 6.07) is 10.1. The van der Waals surface area contributed by atoms with E-state index in [0.29, 0.717) is 22.0 Å². The van der Waals surface area contributed by atoms with E-state index >= 15 is 0 Å². The van der Waals surface area contributed by atoms with Crippen LogP contribution in [0.4, 0.5) is 5.69 Å². The standard InChI is InChI=1S/C18H21ClN2O4S/c1-12-4-5-13(2)17(10-12)26(23,24)20-9-8-18(22)21-14-6-7-16(25-3)15(19)11-14/h4-7,10-11,20H,8-9H2,1-3H3,(H,21,22). The molecule has 1 amide bonds. The molecule has 0 aliphatic carbocycles. The minimum atomic E-state index is -3.67. The van der Waals surface area contributed by atoms with Crippen molar-refractivity contribution >= 4 is 33.2 Å². The fourth-order valence-electron chi connectivity index (χ4n) is 2.34. The molecule has 0 atom stereocenters. The molecule has 0 spiro atoms. The largest absolute Gasteiger partial charge is 0.495 e. The molecule has 26 heavy (non-hydrogen) atoms. The van der Waals surface area contributed by atoms with E-state index < -0.39 is 10.0 Å². The Morgan fingerprint density at radius 2 is 1.88 bits per heavy atom. The smallest absolute Gasteiger partial charge is 0.240 e. The molecule has 2 rings (SSSR count). The second-order valence-corrected chi connectivity index (χ2v) is 7.96. The molecular weight excluding hydrogens is 376 g/mol. The van der Waals surface area contributed by atoms with Crippen molar-refractivity contribution in [2.45, 2.75) is 25.2 Å². The molecule has 0 aliphatic heterocycles. The Hall–Kier alpha value is -2.09. The van der Waals surface area contributed by atoms with Crippen LogP contribution in [-0.4, -0.2) is 28.0 Å². The molecule has 0 aromatic heterocycles. The molecule has 140 valence electrons. The van der Waals surface area contributed by atoms with Crippen LogP contribution < -0.4 is 14.8 Å². The van der Waals surface area contributed by atoms with Gasteiger partial charge in [-0.3, -0.25) is 4.79 Å². The Labute approximate surface area is 158 Å². The van der Waals surface area contributed by atoms with Crippen LogP contribution in [0.3, 0.4) is 0 Å². The number of anilines is 1. The number of hydrogen-bond donors (Lipinski definition) is 2. The Kier molecular flexibility index (Phi) is 6.63. The van der Waals surface area contributed by atoms with Crippen LogP contribution in [0.15, 0.2) is 41.3 Å². The predicted octanol–water partition coefficient (Wildman–Crippen LogP) is 3.27. The second-order valence-electron chi connectivity index (χ2n) is 5.81. The Balaban J connectivity index is 1.93. The van der Waals surface area contributed by atoms with Crippen LogP contribution in [0.25, 0.3) is 0 Å². The molecule has 0 fully saturated rings. The molecule has 2 aromatic rings. The molecule has 2 aromatic carbocycles. The normalized spacial score (nSPS) is 11.2. The molecule has 6 nitrogen and oxygen atoms in total. The number of carbonyl (C=O) groups is 1. The lowest BCUT2D eigenvalue weighted by atomic mass is 10.2. The number of carbonyl (C=O) groups excluding carboxylic acids is 1. The number of benzene rings is 2. The molecule has 2 N–H and O–H groups in total. The number of rotatable bonds is 7. The van der Waals surface area contributed by atoms with Crippen molar-refractivity contribution in [3.8, 4) is 5.75 Å². The fourth-order valence-corrected chi connectivity index (χ4v) is 3.96. The number of hydrogen-bond acceptors (Lipinski definition) is 4. The number of amides is 1. The first kappa shape index (κ1) is 20.2. The van der Waals surface area contributed by atoms with E-state index in [1.54, 1.807) is 37.3 Å². The molecule has 0 bridgehead atoms. The maximum atomic E-state index is 12.4. The predicted molar refractivity (Wildman–Crippen MR) is 102 cm³/mol. The summed E-state index contributed by atoms with van der Waals surface area (Å²) in [4.78, 5) is 12.2. The van der Waals surface area contributed by atoms with Crippen molar-refractivity contribution in [2.75, 3.05) is 19.0 Å². The van der Waals surface area contributed by atoms with Gasteiger partial charge in [0.25, 0.3) is 0 Å². The lowest BCUT2D eigenvalue weighted by molar-refractivity contribution is -0.116. The monoisotopic (exact) mass is 396 g/mol. The van der Waals surface area contributed by atoms with Crippen molar-refractivity contribution in [1.82, 2.24) is 4.72 Å². The van der Waals surface area contributed by atoms with Crippen LogP contribution in [0.1, 0.15) is 17.5 Å². The number of ether oxygens (including phenoxy) is 1. The summed E-state index contributed by atoms with van der Waals surface area (Å²) in [6.45, 7) is 3.55. The molecule has 0 saturated carbocycles. The highest BCUT2D eigenvalue weighted by Crippen LogP contribution is 2.27. The molecular formula is C18H21ClN2O4S. The van der Waals surface area contributed by atoms with Gasteiger partial charge in [-0.05, 0) is 49.2 Å². The van der Waals surface area contributed by atoms with Gasteiger partial charge >= 0.3 is 0 Å². The molecule has 0 aliphatic rings. The average Bonchev–Trinajstić information content (AvgIpc) is 2.57. The average molecular weight is 397 g/mol. The SMILES string of the molecule is COc1ccc(NC(=O)CCNS(=O)(=O)c2cc(C)ccc2C)cc1Cl. The van der Waals surface area contributed by atoms with Crippen molar-refractivity contribution in [3.05, 3.63) is 52.5 Å². The quantitative estimate of drug-likeness (QED) is 0.752. The topological polar surface area (TPSA) is 84.5 Å². The van der Waals surface area contributed by atoms with Gasteiger partial charge in [-0.15, -0.1) is 0 Å². The zero-order valence-corrected chi connectivity index (χ0v) is 16.4. The zero-order chi connectivity index (χ0) is 19.3. The van der Waals surface area contributed by atoms with E-state index in [-0.39, 0.29) is 23.8 Å². The lowest BCUT2D eigenvalue weighted by Crippen LogP contribution is -2.28. The summed E-state index contributed by atoms with van der Waals surface area (Å²) < 4.78 is 32.3. The fraction of sp³-hybridized carbons (Fsp3) is 0.278. The Morgan fingerprint density at radius 1 is 1.15 bits per heavy atom. The summed E-state index contributed by atoms with van der Waals surface area (Å²) in [5.41, 5.74) is 2.02. The maximum absolute atomic E-state index is 12.4. The maximum Gasteiger partial charge on any atom is 0.240 e. The number of nitrogens with one attached hydrogen (secondary N) is 2. The highest BCUT2D eigenvalue weighted by Gasteiger charge is 2.17. The summed E-state index contributed by atoms with van der Waals surface area (Å²) in [6.07, 6.45) is -0.00621. The van der Waals surface area contributed by atoms with E-state index in [1.807, 2.05) is 13.0 Å². The van der Waals surface area contributed by atoms with Crippen LogP contribution in [0.5, 0.6) is 5.75 Å². The van der Waals surface area contributed by atoms with Crippen molar-refractivity contribution < 1.29 is 17.9 Å². The van der Waals surface area contributed by atoms with E-state index in [4.69, 9.17) is 16.3 Å². The number of sulfonamides is 1. The van der Waals surface area contributed by atoms with Gasteiger partial charge in [0, 0.05) is 18.7 Å². The van der Waals surface area contributed by atoms with Gasteiger partial charge in [0.1, 0.15) is 5.75 Å². The van der Waals surface area contributed by atoms with E-state index in [0.717, 1.165) is 5.56 Å². The van der Waals surface area contributed by atoms with Gasteiger partial charge < -0.3 is 10.1 Å². The van der Waals surface area contributed by atoms with Crippen molar-refractivity contribution in [2.24, 2.45) is 0 Å². The van der Waals surface area contributed by atoms with Crippen LogP contribution in [-0.2, 0) is 14.8 Å². The minimum absolute atomic E-state index is 0.00621. The van der Waals surface area contributed by atoms with Crippen LogP contribution >= 0.6 is 11.6 Å². The first-order chi connectivity index (χ1) is 12.2. The minimum Gasteiger partial charge on any atom is -0.495 e. The van der Waals surface area contributed by atoms with Gasteiger partial charge in [0.05, 0.1) is 17.0 Å². The van der Waals surface area contributed by atoms with Gasteiger partial charge in [0.2, 0.25) is 15.9 Å². The number of methoxy groups -OCH3 is 1. The number of aryl methyl sites for hydroxylation is 2. The summed E-state index contributed by atoms with van der Waals surface area (Å²) in [5.74, 6) is 0.181. The first-order valence-electron chi connectivity index (χ1n) is 7.93. The van der Waals surface area contributed by atoms with Crippen LogP contribution in [0.2, 0.25) is 5.02 Å². The molecule has 0 unspecified atom stereocenters. The Morgan fingerprint density at radius 3 is 2.54 bits per heavy atom. The van der Waals surface area contributed by atoms with Gasteiger partial charge in [-0.1, -0.05) is 23.7 Å². The number of halogens is 1. The molecule has 8 heteroatoms. The van der Waals surface area contributed by atoms with E-state index in [9.17, 15) is 13.2 Å². The third-order valence-electron chi connectivity index (χ3n) is 3.71. The second kappa shape index (κ2) is 8.53. The summed E-state index contributed by atoms with van der Waals surface area (Å²) >= 11 is 6.00. The molecule has 0 heterocycles. The van der Waals surface area contributed by atoms with Crippen LogP contribution in [0, 0.1) is 13.8 Å². The summed E-state index contributed by atoms with van der Waals surface area (Å²) in [7, 11) is -2.16. The summed E-state index contributed by atoms with van der Waals surface area (Å²) in [5, 5.41) is 3.04. The first-order valence-corrected chi connectivity index (χ1v) is 9.79.